The topological polar surface area (TPSA) is 107 Å². The van der Waals surface area contributed by atoms with E-state index in [9.17, 15) is 24.3 Å². The number of nitrogens with zero attached hydrogens (tertiary/aromatic N) is 2. The number of benzene rings is 1. The van der Waals surface area contributed by atoms with E-state index >= 15 is 0 Å². The summed E-state index contributed by atoms with van der Waals surface area (Å²) in [5.74, 6) is -0.438. The Bertz CT molecular complexity index is 764. The van der Waals surface area contributed by atoms with E-state index in [1.165, 1.54) is 11.8 Å². The Hall–Kier alpha value is -2.90. The second kappa shape index (κ2) is 8.41. The minimum Gasteiger partial charge on any atom is -0.465 e. The molecular weight excluding hydrogens is 362 g/mol. The molecule has 150 valence electrons. The zero-order valence-electron chi connectivity index (χ0n) is 15.8. The van der Waals surface area contributed by atoms with Crippen LogP contribution in [0.15, 0.2) is 30.3 Å². The van der Waals surface area contributed by atoms with Gasteiger partial charge in [-0.05, 0) is 18.4 Å². The maximum absolute atomic E-state index is 13.1. The summed E-state index contributed by atoms with van der Waals surface area (Å²) in [6.07, 6.45) is 0.303. The van der Waals surface area contributed by atoms with Crippen LogP contribution in [-0.4, -0.2) is 63.3 Å². The summed E-state index contributed by atoms with van der Waals surface area (Å²) in [4.78, 5) is 51.1. The summed E-state index contributed by atoms with van der Waals surface area (Å²) in [5, 5.41) is 12.5. The van der Waals surface area contributed by atoms with Crippen LogP contribution in [0.4, 0.5) is 4.79 Å². The molecule has 0 radical (unpaired) electrons. The molecule has 0 spiro atoms. The van der Waals surface area contributed by atoms with Crippen molar-refractivity contribution in [3.8, 4) is 0 Å². The van der Waals surface area contributed by atoms with E-state index in [0.29, 0.717) is 25.8 Å². The fourth-order valence-corrected chi connectivity index (χ4v) is 4.17. The van der Waals surface area contributed by atoms with Crippen LogP contribution in [0, 0.1) is 0 Å². The number of carbonyl (C=O) groups excluding carboxylic acids is 3. The highest BCUT2D eigenvalue weighted by molar-refractivity contribution is 5.88. The molecule has 1 aromatic carbocycles. The number of carbonyl (C=O) groups is 4. The van der Waals surface area contributed by atoms with Gasteiger partial charge in [0.2, 0.25) is 11.8 Å². The normalized spacial score (nSPS) is 24.9. The van der Waals surface area contributed by atoms with E-state index < -0.39 is 18.2 Å². The van der Waals surface area contributed by atoms with E-state index in [4.69, 9.17) is 0 Å². The van der Waals surface area contributed by atoms with Crippen molar-refractivity contribution in [3.05, 3.63) is 35.9 Å². The highest BCUT2D eigenvalue weighted by Gasteiger charge is 2.44. The van der Waals surface area contributed by atoms with Gasteiger partial charge in [0, 0.05) is 32.9 Å². The number of amides is 3. The highest BCUT2D eigenvalue weighted by Crippen LogP contribution is 2.28. The van der Waals surface area contributed by atoms with E-state index in [2.05, 4.69) is 5.32 Å². The Balaban J connectivity index is 1.75. The number of carboxylic acid groups (broad SMARTS) is 1. The molecule has 3 amide bonds. The third-order valence-electron chi connectivity index (χ3n) is 5.45. The summed E-state index contributed by atoms with van der Waals surface area (Å²) in [5.41, 5.74) is 0.815. The van der Waals surface area contributed by atoms with Crippen LogP contribution in [0.2, 0.25) is 0 Å². The van der Waals surface area contributed by atoms with Crippen molar-refractivity contribution in [1.82, 2.24) is 15.1 Å². The van der Waals surface area contributed by atoms with Crippen LogP contribution in [0.3, 0.4) is 0 Å². The van der Waals surface area contributed by atoms with Gasteiger partial charge in [0.15, 0.2) is 0 Å². The molecule has 2 fully saturated rings. The van der Waals surface area contributed by atoms with Crippen LogP contribution in [0.5, 0.6) is 0 Å². The number of hydrogen-bond acceptors (Lipinski definition) is 4. The lowest BCUT2D eigenvalue weighted by atomic mass is 9.88. The summed E-state index contributed by atoms with van der Waals surface area (Å²) in [6, 6.07) is 7.70. The van der Waals surface area contributed by atoms with Crippen molar-refractivity contribution >= 4 is 23.7 Å². The third-order valence-corrected chi connectivity index (χ3v) is 5.45. The molecule has 1 heterocycles. The summed E-state index contributed by atoms with van der Waals surface area (Å²) in [6.45, 7) is 1.94. The zero-order valence-corrected chi connectivity index (χ0v) is 15.8. The molecule has 28 heavy (non-hydrogen) atoms. The lowest BCUT2D eigenvalue weighted by molar-refractivity contribution is -0.137. The molecule has 1 saturated carbocycles. The van der Waals surface area contributed by atoms with Crippen molar-refractivity contribution in [2.75, 3.05) is 6.54 Å². The standard InChI is InChI=1S/C20H25N3O5/c1-13(24)21-16-11-15(25)7-8-17(16)22-10-9-18(19(22)26)23(20(27)28)12-14-5-3-2-4-6-14/h2-6,16-18H,7-12H2,1H3,(H,21,24)(H,27,28)/t16-,17+,18+/m1/s1. The van der Waals surface area contributed by atoms with Crippen molar-refractivity contribution in [2.45, 2.75) is 57.3 Å². The molecule has 1 aromatic rings. The van der Waals surface area contributed by atoms with Gasteiger partial charge in [0.25, 0.3) is 0 Å². The first-order valence-electron chi connectivity index (χ1n) is 9.49. The van der Waals surface area contributed by atoms with Gasteiger partial charge in [-0.25, -0.2) is 4.79 Å². The van der Waals surface area contributed by atoms with Crippen LogP contribution in [0.1, 0.15) is 38.2 Å². The predicted molar refractivity (Wildman–Crippen MR) is 100 cm³/mol. The molecule has 0 unspecified atom stereocenters. The summed E-state index contributed by atoms with van der Waals surface area (Å²) >= 11 is 0. The Morgan fingerprint density at radius 1 is 1.21 bits per heavy atom. The van der Waals surface area contributed by atoms with Gasteiger partial charge in [-0.3, -0.25) is 19.3 Å². The molecule has 1 aliphatic heterocycles. The molecule has 3 rings (SSSR count). The minimum absolute atomic E-state index is 0.0643. The van der Waals surface area contributed by atoms with Crippen LogP contribution < -0.4 is 5.32 Å². The van der Waals surface area contributed by atoms with Crippen molar-refractivity contribution in [2.24, 2.45) is 0 Å². The first kappa shape index (κ1) is 19.9. The minimum atomic E-state index is -1.14. The summed E-state index contributed by atoms with van der Waals surface area (Å²) < 4.78 is 0. The first-order chi connectivity index (χ1) is 13.4. The number of hydrogen-bond donors (Lipinski definition) is 2. The van der Waals surface area contributed by atoms with Crippen molar-refractivity contribution in [3.63, 3.8) is 0 Å². The van der Waals surface area contributed by atoms with Gasteiger partial charge in [-0.15, -0.1) is 0 Å². The van der Waals surface area contributed by atoms with Gasteiger partial charge < -0.3 is 15.3 Å². The third kappa shape index (κ3) is 4.32. The number of Topliss-reactive ketones (excluding diaryl/α,β-unsaturated/α-hetero) is 1. The second-order valence-electron chi connectivity index (χ2n) is 7.39. The van der Waals surface area contributed by atoms with E-state index in [1.54, 1.807) is 4.90 Å². The largest absolute Gasteiger partial charge is 0.465 e. The van der Waals surface area contributed by atoms with E-state index in [1.807, 2.05) is 30.3 Å². The molecule has 8 heteroatoms. The van der Waals surface area contributed by atoms with Crippen LogP contribution in [0.25, 0.3) is 0 Å². The van der Waals surface area contributed by atoms with E-state index in [-0.39, 0.29) is 36.6 Å². The number of rotatable bonds is 5. The average molecular weight is 387 g/mol. The van der Waals surface area contributed by atoms with E-state index in [0.717, 1.165) is 5.56 Å². The molecule has 2 aliphatic rings. The lowest BCUT2D eigenvalue weighted by Gasteiger charge is -2.38. The quantitative estimate of drug-likeness (QED) is 0.794. The number of likely N-dealkylation sites (tertiary alicyclic amines) is 1. The Kier molecular flexibility index (Phi) is 5.96. The molecule has 2 N–H and O–H groups in total. The smallest absolute Gasteiger partial charge is 0.408 e. The Morgan fingerprint density at radius 2 is 1.93 bits per heavy atom. The van der Waals surface area contributed by atoms with Crippen LogP contribution >= 0.6 is 0 Å². The van der Waals surface area contributed by atoms with Gasteiger partial charge >= 0.3 is 6.09 Å². The first-order valence-corrected chi connectivity index (χ1v) is 9.49. The van der Waals surface area contributed by atoms with Crippen LogP contribution in [-0.2, 0) is 20.9 Å². The predicted octanol–water partition coefficient (Wildman–Crippen LogP) is 1.39. The molecule has 1 aliphatic carbocycles. The maximum atomic E-state index is 13.1. The monoisotopic (exact) mass is 387 g/mol. The molecule has 0 bridgehead atoms. The zero-order chi connectivity index (χ0) is 20.3. The van der Waals surface area contributed by atoms with Gasteiger partial charge in [-0.2, -0.15) is 0 Å². The van der Waals surface area contributed by atoms with Gasteiger partial charge in [-0.1, -0.05) is 30.3 Å². The molecule has 3 atom stereocenters. The Labute approximate surface area is 163 Å². The fraction of sp³-hybridized carbons (Fsp3) is 0.500. The summed E-state index contributed by atoms with van der Waals surface area (Å²) in [7, 11) is 0. The molecule has 1 saturated heterocycles. The maximum Gasteiger partial charge on any atom is 0.408 e. The number of ketones is 1. The SMILES string of the molecule is CC(=O)N[C@@H]1CC(=O)CC[C@@H]1N1CC[C@H](N(Cc2ccccc2)C(=O)O)C1=O. The van der Waals surface area contributed by atoms with Crippen molar-refractivity contribution < 1.29 is 24.3 Å². The molecular formula is C20H25N3O5. The molecule has 0 aromatic heterocycles. The number of nitrogens with one attached hydrogen (secondary N) is 1. The van der Waals surface area contributed by atoms with Gasteiger partial charge in [0.05, 0.1) is 12.1 Å². The second-order valence-corrected chi connectivity index (χ2v) is 7.39. The average Bonchev–Trinajstić information content (AvgIpc) is 3.01. The Morgan fingerprint density at radius 3 is 2.57 bits per heavy atom. The van der Waals surface area contributed by atoms with Crippen molar-refractivity contribution in [1.29, 1.82) is 0 Å². The van der Waals surface area contributed by atoms with Gasteiger partial charge in [0.1, 0.15) is 11.8 Å². The highest BCUT2D eigenvalue weighted by atomic mass is 16.4. The molecule has 8 nitrogen and oxygen atoms in total. The lowest BCUT2D eigenvalue weighted by Crippen LogP contribution is -2.56. The fourth-order valence-electron chi connectivity index (χ4n) is 4.17.